The van der Waals surface area contributed by atoms with Gasteiger partial charge in [-0.1, -0.05) is 0 Å². The van der Waals surface area contributed by atoms with Gasteiger partial charge in [0.05, 0.1) is 5.34 Å². The number of rotatable bonds is 0. The Morgan fingerprint density at radius 1 is 1.20 bits per heavy atom. The smallest absolute Gasteiger partial charge is 0.0967 e. The third-order valence-electron chi connectivity index (χ3n) is 0. The molecule has 0 saturated carbocycles. The minimum absolute atomic E-state index is 0. The Balaban J connectivity index is -0.0000000200. The van der Waals surface area contributed by atoms with Crippen LogP contribution in [0.4, 0.5) is 4.70 Å². The van der Waals surface area contributed by atoms with Crippen LogP contribution in [0, 0.1) is 0 Å². The first kappa shape index (κ1) is 16.5. The zero-order valence-corrected chi connectivity index (χ0v) is 5.44. The molecule has 0 aliphatic carbocycles. The summed E-state index contributed by atoms with van der Waals surface area (Å²) in [5, 5.41) is 0.194. The first-order valence-electron chi connectivity index (χ1n) is 0.535. The van der Waals surface area contributed by atoms with Crippen molar-refractivity contribution >= 4 is 23.2 Å². The average Bonchev–Trinajstić information content (AvgIpc) is 0.918. The summed E-state index contributed by atoms with van der Waals surface area (Å²) in [5.74, 6) is 0. The molecule has 0 aliphatic heterocycles. The van der Waals surface area contributed by atoms with E-state index in [4.69, 9.17) is 23.2 Å². The van der Waals surface area contributed by atoms with Gasteiger partial charge in [-0.05, 0) is 0 Å². The molecule has 1 radical (unpaired) electrons. The van der Waals surface area contributed by atoms with Crippen LogP contribution in [-0.4, -0.2) is 5.34 Å². The Labute approximate surface area is 53.0 Å². The van der Waals surface area contributed by atoms with Gasteiger partial charge in [-0.25, -0.2) is 0 Å². The Kier molecular flexibility index (Phi) is 63.4. The van der Waals surface area contributed by atoms with E-state index in [1.165, 1.54) is 0 Å². The molecule has 0 saturated heterocycles. The van der Waals surface area contributed by atoms with Crippen LogP contribution in [-0.2, 0) is 19.5 Å². The molecule has 0 nitrogen and oxygen atoms in total. The molecule has 4 heteroatoms. The molecule has 5 heavy (non-hydrogen) atoms. The van der Waals surface area contributed by atoms with E-state index in [1.807, 2.05) is 0 Å². The summed E-state index contributed by atoms with van der Waals surface area (Å²) in [6, 6.07) is 0. The summed E-state index contributed by atoms with van der Waals surface area (Å²) in [6.45, 7) is 0. The normalized spacial score (nSPS) is 3.60. The van der Waals surface area contributed by atoms with Crippen LogP contribution in [0.2, 0.25) is 0 Å². The van der Waals surface area contributed by atoms with E-state index >= 15 is 0 Å². The van der Waals surface area contributed by atoms with Crippen LogP contribution in [0.25, 0.3) is 0 Å². The van der Waals surface area contributed by atoms with Crippen LogP contribution in [0.3, 0.4) is 0 Å². The zero-order chi connectivity index (χ0) is 2.71. The van der Waals surface area contributed by atoms with Gasteiger partial charge in [0.15, 0.2) is 0 Å². The van der Waals surface area contributed by atoms with Crippen LogP contribution in [0.1, 0.15) is 0 Å². The summed E-state index contributed by atoms with van der Waals surface area (Å²) in [4.78, 5) is 0. The number of hydrogen-bond donors (Lipinski definition) is 0. The first-order chi connectivity index (χ1) is 1.41. The minimum atomic E-state index is 0. The molecule has 0 aromatic heterocycles. The maximum atomic E-state index is 4.76. The van der Waals surface area contributed by atoms with Crippen LogP contribution < -0.4 is 0 Å². The Morgan fingerprint density at radius 3 is 1.20 bits per heavy atom. The molecule has 0 unspecified atom stereocenters. The molecule has 0 heterocycles. The van der Waals surface area contributed by atoms with E-state index < -0.39 is 0 Å². The summed E-state index contributed by atoms with van der Waals surface area (Å²) < 4.78 is 0. The van der Waals surface area contributed by atoms with Crippen molar-refractivity contribution in [2.75, 3.05) is 5.34 Å². The third-order valence-corrected chi connectivity index (χ3v) is 0. The molecule has 0 rings (SSSR count). The summed E-state index contributed by atoms with van der Waals surface area (Å²) in [7, 11) is 0. The Bertz CT molecular complexity index is 9.61. The van der Waals surface area contributed by atoms with Gasteiger partial charge in [0.2, 0.25) is 0 Å². The molecule has 0 aliphatic rings. The fourth-order valence-corrected chi connectivity index (χ4v) is 0. The van der Waals surface area contributed by atoms with E-state index in [2.05, 4.69) is 0 Å². The zero-order valence-electron chi connectivity index (χ0n) is 2.19. The number of halogens is 3. The molecule has 0 aromatic rings. The van der Waals surface area contributed by atoms with E-state index in [0.717, 1.165) is 0 Å². The summed E-state index contributed by atoms with van der Waals surface area (Å²) >= 11 is 9.53. The van der Waals surface area contributed by atoms with Crippen molar-refractivity contribution in [1.82, 2.24) is 0 Å². The molecule has 0 N–H and O–H groups in total. The monoisotopic (exact) mass is 205 g/mol. The SMILES string of the molecule is ClCCl.[F].[Ru]. The third kappa shape index (κ3) is 39.2. The van der Waals surface area contributed by atoms with Gasteiger partial charge in [-0.2, -0.15) is 0 Å². The Hall–Kier alpha value is 1.13. The second-order valence-corrected chi connectivity index (χ2v) is 0.909. The van der Waals surface area contributed by atoms with Gasteiger partial charge in [0, 0.05) is 24.2 Å². The van der Waals surface area contributed by atoms with Crippen molar-refractivity contribution in [2.45, 2.75) is 0 Å². The van der Waals surface area contributed by atoms with Gasteiger partial charge < -0.3 is 0 Å². The van der Waals surface area contributed by atoms with Crippen LogP contribution >= 0.6 is 23.2 Å². The predicted octanol–water partition coefficient (Wildman–Crippen LogP) is 1.84. The number of hydrogen-bond acceptors (Lipinski definition) is 0. The molecule has 35 valence electrons. The Morgan fingerprint density at radius 2 is 1.20 bits per heavy atom. The second kappa shape index (κ2) is 19.3. The van der Waals surface area contributed by atoms with Crippen molar-refractivity contribution in [2.24, 2.45) is 0 Å². The van der Waals surface area contributed by atoms with Gasteiger partial charge in [-0.15, -0.1) is 23.2 Å². The molecular weight excluding hydrogens is 203 g/mol. The largest absolute Gasteiger partial charge is 0.109 e. The van der Waals surface area contributed by atoms with Crippen LogP contribution in [0.15, 0.2) is 0 Å². The quantitative estimate of drug-likeness (QED) is 0.418. The van der Waals surface area contributed by atoms with Crippen molar-refractivity contribution in [1.29, 1.82) is 0 Å². The fourth-order valence-electron chi connectivity index (χ4n) is 0. The summed E-state index contributed by atoms with van der Waals surface area (Å²) in [5.41, 5.74) is 0. The molecule has 0 spiro atoms. The number of alkyl halides is 2. The predicted molar refractivity (Wildman–Crippen MR) is 17.7 cm³/mol. The van der Waals surface area contributed by atoms with Gasteiger partial charge >= 0.3 is 0 Å². The van der Waals surface area contributed by atoms with Gasteiger partial charge in [-0.3, -0.25) is 0 Å². The minimum Gasteiger partial charge on any atom is -0.109 e. The maximum Gasteiger partial charge on any atom is 0.0967 e. The van der Waals surface area contributed by atoms with Crippen LogP contribution in [0.5, 0.6) is 0 Å². The second-order valence-electron chi connectivity index (χ2n) is 0.101. The van der Waals surface area contributed by atoms with E-state index in [-0.39, 0.29) is 29.5 Å². The van der Waals surface area contributed by atoms with E-state index in [1.54, 1.807) is 0 Å². The first-order valence-corrected chi connectivity index (χ1v) is 1.60. The van der Waals surface area contributed by atoms with Crippen molar-refractivity contribution in [3.63, 3.8) is 0 Å². The topological polar surface area (TPSA) is 0 Å². The molecule has 0 fully saturated rings. The van der Waals surface area contributed by atoms with Crippen molar-refractivity contribution in [3.8, 4) is 0 Å². The standard InChI is InChI=1S/CH2Cl2.F.Ru/c2-1-3;;/h1H2;;. The summed E-state index contributed by atoms with van der Waals surface area (Å²) in [6.07, 6.45) is 0. The molecule has 0 atom stereocenters. The van der Waals surface area contributed by atoms with Crippen molar-refractivity contribution in [3.05, 3.63) is 0 Å². The van der Waals surface area contributed by atoms with Gasteiger partial charge in [0.25, 0.3) is 0 Å². The molecule has 0 amide bonds. The van der Waals surface area contributed by atoms with Gasteiger partial charge in [0.1, 0.15) is 0 Å². The average molecular weight is 205 g/mol. The maximum absolute atomic E-state index is 4.76. The van der Waals surface area contributed by atoms with Crippen molar-refractivity contribution < 1.29 is 24.2 Å². The molecular formula is CH2Cl2FRu. The fraction of sp³-hybridized carbons (Fsp3) is 1.00. The van der Waals surface area contributed by atoms with E-state index in [9.17, 15) is 0 Å². The molecule has 0 aromatic carbocycles. The molecule has 0 bridgehead atoms. The van der Waals surface area contributed by atoms with E-state index in [0.29, 0.717) is 0 Å².